The first kappa shape index (κ1) is 14.2. The van der Waals surface area contributed by atoms with E-state index in [2.05, 4.69) is 26.2 Å². The number of halogens is 2. The van der Waals surface area contributed by atoms with Crippen LogP contribution < -0.4 is 10.1 Å². The summed E-state index contributed by atoms with van der Waals surface area (Å²) in [5.74, 6) is 1.47. The molecule has 0 aliphatic carbocycles. The summed E-state index contributed by atoms with van der Waals surface area (Å²) >= 11 is 9.42. The number of aromatic nitrogens is 1. The monoisotopic (exact) mass is 340 g/mol. The third-order valence-electron chi connectivity index (χ3n) is 2.30. The third-order valence-corrected chi connectivity index (χ3v) is 3.02. The van der Waals surface area contributed by atoms with E-state index in [1.165, 1.54) is 0 Å². The van der Waals surface area contributed by atoms with Gasteiger partial charge in [0.2, 0.25) is 0 Å². The first-order chi connectivity index (χ1) is 9.04. The average Bonchev–Trinajstić information content (AvgIpc) is 2.34. The molecule has 0 aliphatic rings. The summed E-state index contributed by atoms with van der Waals surface area (Å²) in [4.78, 5) is 4.22. The van der Waals surface area contributed by atoms with Gasteiger partial charge in [-0.2, -0.15) is 0 Å². The Morgan fingerprint density at radius 1 is 1.26 bits per heavy atom. The molecular weight excluding hydrogens is 328 g/mol. The first-order valence-electron chi connectivity index (χ1n) is 5.89. The van der Waals surface area contributed by atoms with Crippen molar-refractivity contribution in [2.45, 2.75) is 20.0 Å². The molecule has 2 aromatic rings. The molecule has 0 amide bonds. The minimum atomic E-state index is 0.168. The highest BCUT2D eigenvalue weighted by Crippen LogP contribution is 2.26. The molecule has 0 unspecified atom stereocenters. The minimum Gasteiger partial charge on any atom is -0.491 e. The number of pyridine rings is 1. The van der Waals surface area contributed by atoms with Crippen LogP contribution in [-0.2, 0) is 0 Å². The zero-order valence-corrected chi connectivity index (χ0v) is 13.0. The lowest BCUT2D eigenvalue weighted by Crippen LogP contribution is -2.05. The number of nitrogens with zero attached hydrogens (tertiary/aromatic N) is 1. The van der Waals surface area contributed by atoms with E-state index in [0.29, 0.717) is 10.8 Å². The van der Waals surface area contributed by atoms with Crippen molar-refractivity contribution in [1.82, 2.24) is 4.98 Å². The van der Waals surface area contributed by atoms with Gasteiger partial charge in [0, 0.05) is 16.4 Å². The number of rotatable bonds is 4. The SMILES string of the molecule is CC(C)Oc1ccc(Nc2ncc(Br)cc2Cl)cc1. The number of hydrogen-bond donors (Lipinski definition) is 1. The molecular formula is C14H14BrClN2O. The van der Waals surface area contributed by atoms with E-state index in [0.717, 1.165) is 15.9 Å². The van der Waals surface area contributed by atoms with Gasteiger partial charge in [-0.05, 0) is 60.1 Å². The predicted octanol–water partition coefficient (Wildman–Crippen LogP) is 5.03. The summed E-state index contributed by atoms with van der Waals surface area (Å²) in [6.45, 7) is 4.00. The second kappa shape index (κ2) is 6.26. The number of nitrogens with one attached hydrogen (secondary N) is 1. The van der Waals surface area contributed by atoms with Crippen LogP contribution in [-0.4, -0.2) is 11.1 Å². The molecule has 0 spiro atoms. The van der Waals surface area contributed by atoms with Crippen molar-refractivity contribution < 1.29 is 4.74 Å². The highest BCUT2D eigenvalue weighted by molar-refractivity contribution is 9.10. The second-order valence-corrected chi connectivity index (χ2v) is 5.62. The van der Waals surface area contributed by atoms with Gasteiger partial charge >= 0.3 is 0 Å². The number of anilines is 2. The molecule has 100 valence electrons. The van der Waals surface area contributed by atoms with E-state index in [1.807, 2.05) is 38.1 Å². The fourth-order valence-corrected chi connectivity index (χ4v) is 2.21. The van der Waals surface area contributed by atoms with Crippen LogP contribution in [0.1, 0.15) is 13.8 Å². The van der Waals surface area contributed by atoms with Crippen molar-refractivity contribution in [3.05, 3.63) is 46.0 Å². The molecule has 0 atom stereocenters. The van der Waals surface area contributed by atoms with E-state index in [4.69, 9.17) is 16.3 Å². The van der Waals surface area contributed by atoms with Gasteiger partial charge in [-0.1, -0.05) is 11.6 Å². The highest BCUT2D eigenvalue weighted by Gasteiger charge is 2.04. The van der Waals surface area contributed by atoms with Crippen LogP contribution in [0.4, 0.5) is 11.5 Å². The number of ether oxygens (including phenoxy) is 1. The summed E-state index contributed by atoms with van der Waals surface area (Å²) in [6, 6.07) is 9.48. The summed E-state index contributed by atoms with van der Waals surface area (Å²) < 4.78 is 6.43. The third kappa shape index (κ3) is 4.11. The zero-order chi connectivity index (χ0) is 13.8. The molecule has 0 aliphatic heterocycles. The Bertz CT molecular complexity index is 558. The molecule has 3 nitrogen and oxygen atoms in total. The summed E-state index contributed by atoms with van der Waals surface area (Å²) in [6.07, 6.45) is 1.87. The van der Waals surface area contributed by atoms with Crippen molar-refractivity contribution >= 4 is 39.0 Å². The lowest BCUT2D eigenvalue weighted by atomic mass is 10.3. The van der Waals surface area contributed by atoms with Gasteiger partial charge in [-0.25, -0.2) is 4.98 Å². The van der Waals surface area contributed by atoms with Gasteiger partial charge < -0.3 is 10.1 Å². The molecule has 1 heterocycles. The second-order valence-electron chi connectivity index (χ2n) is 4.30. The van der Waals surface area contributed by atoms with Gasteiger partial charge in [0.1, 0.15) is 11.6 Å². The highest BCUT2D eigenvalue weighted by atomic mass is 79.9. The fourth-order valence-electron chi connectivity index (χ4n) is 1.53. The van der Waals surface area contributed by atoms with Crippen LogP contribution in [0.5, 0.6) is 5.75 Å². The van der Waals surface area contributed by atoms with Gasteiger partial charge in [0.15, 0.2) is 0 Å². The van der Waals surface area contributed by atoms with Crippen molar-refractivity contribution in [1.29, 1.82) is 0 Å². The lowest BCUT2D eigenvalue weighted by Gasteiger charge is -2.11. The summed E-state index contributed by atoms with van der Waals surface area (Å²) in [7, 11) is 0. The van der Waals surface area contributed by atoms with Crippen LogP contribution in [0, 0.1) is 0 Å². The number of benzene rings is 1. The van der Waals surface area contributed by atoms with Gasteiger partial charge in [0.25, 0.3) is 0 Å². The smallest absolute Gasteiger partial charge is 0.149 e. The van der Waals surface area contributed by atoms with Crippen molar-refractivity contribution in [3.8, 4) is 5.75 Å². The van der Waals surface area contributed by atoms with Crippen molar-refractivity contribution in [2.24, 2.45) is 0 Å². The molecule has 1 aromatic carbocycles. The van der Waals surface area contributed by atoms with E-state index in [9.17, 15) is 0 Å². The predicted molar refractivity (Wildman–Crippen MR) is 82.4 cm³/mol. The van der Waals surface area contributed by atoms with Crippen molar-refractivity contribution in [2.75, 3.05) is 5.32 Å². The zero-order valence-electron chi connectivity index (χ0n) is 10.7. The standard InChI is InChI=1S/C14H14BrClN2O/c1-9(2)19-12-5-3-11(4-6-12)18-14-13(16)7-10(15)8-17-14/h3-9H,1-2H3,(H,17,18). The molecule has 0 saturated carbocycles. The van der Waals surface area contributed by atoms with E-state index < -0.39 is 0 Å². The Morgan fingerprint density at radius 2 is 1.95 bits per heavy atom. The molecule has 0 saturated heterocycles. The Kier molecular flexibility index (Phi) is 4.66. The molecule has 2 rings (SSSR count). The van der Waals surface area contributed by atoms with E-state index in [1.54, 1.807) is 12.3 Å². The molecule has 0 bridgehead atoms. The quantitative estimate of drug-likeness (QED) is 0.847. The largest absolute Gasteiger partial charge is 0.491 e. The van der Waals surface area contributed by atoms with Gasteiger partial charge in [-0.15, -0.1) is 0 Å². The first-order valence-corrected chi connectivity index (χ1v) is 7.06. The summed E-state index contributed by atoms with van der Waals surface area (Å²) in [5.41, 5.74) is 0.910. The fraction of sp³-hybridized carbons (Fsp3) is 0.214. The Hall–Kier alpha value is -1.26. The Morgan fingerprint density at radius 3 is 2.53 bits per heavy atom. The van der Waals surface area contributed by atoms with Crippen LogP contribution >= 0.6 is 27.5 Å². The molecule has 0 radical (unpaired) electrons. The van der Waals surface area contributed by atoms with Gasteiger partial charge in [-0.3, -0.25) is 0 Å². The van der Waals surface area contributed by atoms with Crippen LogP contribution in [0.15, 0.2) is 41.0 Å². The maximum Gasteiger partial charge on any atom is 0.149 e. The molecule has 1 N–H and O–H groups in total. The number of hydrogen-bond acceptors (Lipinski definition) is 3. The Labute approximate surface area is 126 Å². The van der Waals surface area contributed by atoms with Gasteiger partial charge in [0.05, 0.1) is 11.1 Å². The molecule has 1 aromatic heterocycles. The van der Waals surface area contributed by atoms with Crippen molar-refractivity contribution in [3.63, 3.8) is 0 Å². The maximum absolute atomic E-state index is 6.10. The van der Waals surface area contributed by atoms with E-state index >= 15 is 0 Å². The van der Waals surface area contributed by atoms with E-state index in [-0.39, 0.29) is 6.10 Å². The maximum atomic E-state index is 6.10. The van der Waals surface area contributed by atoms with Crippen LogP contribution in [0.2, 0.25) is 5.02 Å². The molecule has 0 fully saturated rings. The normalized spacial score (nSPS) is 10.6. The summed E-state index contributed by atoms with van der Waals surface area (Å²) in [5, 5.41) is 3.73. The lowest BCUT2D eigenvalue weighted by molar-refractivity contribution is 0.242. The molecule has 5 heteroatoms. The Balaban J connectivity index is 2.10. The van der Waals surface area contributed by atoms with Crippen LogP contribution in [0.3, 0.4) is 0 Å². The van der Waals surface area contributed by atoms with Crippen LogP contribution in [0.25, 0.3) is 0 Å². The minimum absolute atomic E-state index is 0.168. The average molecular weight is 342 g/mol. The molecule has 19 heavy (non-hydrogen) atoms. The topological polar surface area (TPSA) is 34.1 Å².